The Morgan fingerprint density at radius 2 is 1.85 bits per heavy atom. The fourth-order valence-electron chi connectivity index (χ4n) is 0.981. The van der Waals surface area contributed by atoms with E-state index in [9.17, 15) is 4.79 Å². The van der Waals surface area contributed by atoms with Crippen molar-refractivity contribution >= 4 is 12.4 Å². The van der Waals surface area contributed by atoms with Gasteiger partial charge in [0.2, 0.25) is 0 Å². The minimum Gasteiger partial charge on any atom is -0.299 e. The van der Waals surface area contributed by atoms with Crippen molar-refractivity contribution in [3.05, 3.63) is 54.1 Å². The molecule has 0 aliphatic rings. The number of carbonyl (C=O) groups is 1. The molecule has 0 aliphatic carbocycles. The number of rotatable bonds is 4. The third kappa shape index (κ3) is 4.06. The van der Waals surface area contributed by atoms with E-state index in [1.807, 2.05) is 48.6 Å². The molecule has 0 saturated heterocycles. The highest BCUT2D eigenvalue weighted by Gasteiger charge is 1.80. The average Bonchev–Trinajstić information content (AvgIpc) is 2.19. The van der Waals surface area contributed by atoms with Gasteiger partial charge in [-0.3, -0.25) is 4.79 Å². The van der Waals surface area contributed by atoms with Gasteiger partial charge in [0, 0.05) is 0 Å². The van der Waals surface area contributed by atoms with Gasteiger partial charge in [-0.05, 0) is 18.1 Å². The van der Waals surface area contributed by atoms with Crippen LogP contribution in [0.15, 0.2) is 48.6 Å². The van der Waals surface area contributed by atoms with Gasteiger partial charge in [-0.15, -0.1) is 0 Å². The molecule has 0 aliphatic heterocycles. The Hall–Kier alpha value is -1.63. The maximum Gasteiger partial charge on any atom is 0.142 e. The van der Waals surface area contributed by atoms with Gasteiger partial charge in [0.05, 0.1) is 0 Å². The van der Waals surface area contributed by atoms with Crippen molar-refractivity contribution in [3.8, 4) is 0 Å². The van der Waals surface area contributed by atoms with Crippen molar-refractivity contribution in [1.29, 1.82) is 0 Å². The van der Waals surface area contributed by atoms with Gasteiger partial charge in [-0.1, -0.05) is 48.6 Å². The largest absolute Gasteiger partial charge is 0.299 e. The molecule has 0 aromatic heterocycles. The molecule has 0 saturated carbocycles. The summed E-state index contributed by atoms with van der Waals surface area (Å²) in [6, 6.07) is 10.1. The zero-order chi connectivity index (χ0) is 9.36. The van der Waals surface area contributed by atoms with E-state index in [4.69, 9.17) is 0 Å². The summed E-state index contributed by atoms with van der Waals surface area (Å²) in [4.78, 5) is 9.93. The zero-order valence-electron chi connectivity index (χ0n) is 7.39. The summed E-state index contributed by atoms with van der Waals surface area (Å²) in [7, 11) is 0. The molecule has 0 bridgehead atoms. The topological polar surface area (TPSA) is 17.1 Å². The predicted molar refractivity (Wildman–Crippen MR) is 55.3 cm³/mol. The van der Waals surface area contributed by atoms with Crippen molar-refractivity contribution in [2.24, 2.45) is 0 Å². The van der Waals surface area contributed by atoms with E-state index < -0.39 is 0 Å². The van der Waals surface area contributed by atoms with Gasteiger partial charge < -0.3 is 0 Å². The van der Waals surface area contributed by atoms with Gasteiger partial charge in [-0.25, -0.2) is 0 Å². The Morgan fingerprint density at radius 1 is 1.08 bits per heavy atom. The minimum atomic E-state index is 0.788. The second-order valence-corrected chi connectivity index (χ2v) is 2.61. The van der Waals surface area contributed by atoms with E-state index in [2.05, 4.69) is 0 Å². The highest BCUT2D eigenvalue weighted by molar-refractivity contribution is 5.64. The fourth-order valence-corrected chi connectivity index (χ4v) is 0.981. The smallest absolute Gasteiger partial charge is 0.142 e. The third-order valence-corrected chi connectivity index (χ3v) is 1.60. The van der Waals surface area contributed by atoms with Crippen LogP contribution < -0.4 is 0 Å². The first-order chi connectivity index (χ1) is 6.43. The first-order valence-electron chi connectivity index (χ1n) is 4.25. The summed E-state index contributed by atoms with van der Waals surface area (Å²) in [5, 5.41) is 0. The SMILES string of the molecule is O=CC=CC/C=C/c1ccccc1. The highest BCUT2D eigenvalue weighted by atomic mass is 16.1. The standard InChI is InChI=1S/C12H12O/c13-11-7-2-1-4-8-12-9-5-3-6-10-12/h2-11H,1H2/b7-2?,8-4+. The molecule has 0 radical (unpaired) electrons. The number of benzene rings is 1. The first kappa shape index (κ1) is 9.46. The predicted octanol–water partition coefficient (Wildman–Crippen LogP) is 2.85. The van der Waals surface area contributed by atoms with Gasteiger partial charge >= 0.3 is 0 Å². The molecule has 1 rings (SSSR count). The van der Waals surface area contributed by atoms with E-state index in [1.54, 1.807) is 0 Å². The molecule has 0 unspecified atom stereocenters. The van der Waals surface area contributed by atoms with E-state index >= 15 is 0 Å². The summed E-state index contributed by atoms with van der Waals surface area (Å²) in [5.74, 6) is 0. The van der Waals surface area contributed by atoms with E-state index in [0.717, 1.165) is 12.7 Å². The maximum atomic E-state index is 9.93. The molecular formula is C12H12O. The molecule has 0 spiro atoms. The lowest BCUT2D eigenvalue weighted by Crippen LogP contribution is -1.68. The van der Waals surface area contributed by atoms with Crippen LogP contribution in [0.2, 0.25) is 0 Å². The van der Waals surface area contributed by atoms with Crippen LogP contribution >= 0.6 is 0 Å². The molecule has 1 aromatic rings. The van der Waals surface area contributed by atoms with Gasteiger partial charge in [0.25, 0.3) is 0 Å². The molecule has 0 N–H and O–H groups in total. The average molecular weight is 172 g/mol. The summed E-state index contributed by atoms with van der Waals surface area (Å²) < 4.78 is 0. The lowest BCUT2D eigenvalue weighted by molar-refractivity contribution is -0.104. The second-order valence-electron chi connectivity index (χ2n) is 2.61. The Morgan fingerprint density at radius 3 is 2.54 bits per heavy atom. The van der Waals surface area contributed by atoms with Crippen molar-refractivity contribution in [3.63, 3.8) is 0 Å². The Labute approximate surface area is 78.4 Å². The molecule has 0 fully saturated rings. The summed E-state index contributed by atoms with van der Waals surface area (Å²) >= 11 is 0. The van der Waals surface area contributed by atoms with Crippen LogP contribution in [0.5, 0.6) is 0 Å². The molecule has 1 nitrogen and oxygen atoms in total. The number of allylic oxidation sites excluding steroid dienone is 3. The first-order valence-corrected chi connectivity index (χ1v) is 4.25. The van der Waals surface area contributed by atoms with E-state index in [0.29, 0.717) is 0 Å². The molecule has 1 aromatic carbocycles. The Balaban J connectivity index is 2.41. The van der Waals surface area contributed by atoms with Gasteiger partial charge in [0.1, 0.15) is 6.29 Å². The Bertz CT molecular complexity index is 296. The minimum absolute atomic E-state index is 0.788. The van der Waals surface area contributed by atoms with Crippen LogP contribution in [0.1, 0.15) is 12.0 Å². The molecule has 1 heteroatoms. The lowest BCUT2D eigenvalue weighted by Gasteiger charge is -1.89. The number of aldehydes is 1. The maximum absolute atomic E-state index is 9.93. The van der Waals surface area contributed by atoms with E-state index in [1.165, 1.54) is 11.6 Å². The quantitative estimate of drug-likeness (QED) is 0.504. The molecule has 0 amide bonds. The van der Waals surface area contributed by atoms with Crippen LogP contribution in [0.4, 0.5) is 0 Å². The Kier molecular flexibility index (Phi) is 4.33. The van der Waals surface area contributed by atoms with Crippen molar-refractivity contribution in [1.82, 2.24) is 0 Å². The van der Waals surface area contributed by atoms with Crippen LogP contribution in [-0.4, -0.2) is 6.29 Å². The van der Waals surface area contributed by atoms with Crippen LogP contribution in [0, 0.1) is 0 Å². The van der Waals surface area contributed by atoms with E-state index in [-0.39, 0.29) is 0 Å². The normalized spacial score (nSPS) is 11.1. The van der Waals surface area contributed by atoms with Crippen LogP contribution in [0.3, 0.4) is 0 Å². The highest BCUT2D eigenvalue weighted by Crippen LogP contribution is 2.01. The lowest BCUT2D eigenvalue weighted by atomic mass is 10.2. The number of hydrogen-bond acceptors (Lipinski definition) is 1. The molecule has 13 heavy (non-hydrogen) atoms. The molecular weight excluding hydrogens is 160 g/mol. The second kappa shape index (κ2) is 5.95. The third-order valence-electron chi connectivity index (χ3n) is 1.60. The molecule has 0 atom stereocenters. The summed E-state index contributed by atoms with van der Waals surface area (Å²) in [6.07, 6.45) is 8.98. The molecule has 0 heterocycles. The van der Waals surface area contributed by atoms with Crippen LogP contribution in [0.25, 0.3) is 6.08 Å². The zero-order valence-corrected chi connectivity index (χ0v) is 7.39. The number of hydrogen-bond donors (Lipinski definition) is 0. The summed E-state index contributed by atoms with van der Waals surface area (Å²) in [5.41, 5.74) is 1.18. The monoisotopic (exact) mass is 172 g/mol. The molecule has 66 valence electrons. The van der Waals surface area contributed by atoms with Gasteiger partial charge in [-0.2, -0.15) is 0 Å². The van der Waals surface area contributed by atoms with Gasteiger partial charge in [0.15, 0.2) is 0 Å². The summed E-state index contributed by atoms with van der Waals surface area (Å²) in [6.45, 7) is 0. The van der Waals surface area contributed by atoms with Crippen LogP contribution in [-0.2, 0) is 4.79 Å². The van der Waals surface area contributed by atoms with Crippen molar-refractivity contribution in [2.45, 2.75) is 6.42 Å². The van der Waals surface area contributed by atoms with Crippen molar-refractivity contribution in [2.75, 3.05) is 0 Å². The number of carbonyl (C=O) groups excluding carboxylic acids is 1. The van der Waals surface area contributed by atoms with Crippen molar-refractivity contribution < 1.29 is 4.79 Å². The fraction of sp³-hybridized carbons (Fsp3) is 0.0833.